The second-order valence-electron chi connectivity index (χ2n) is 1.86. The second kappa shape index (κ2) is 3.36. The van der Waals surface area contributed by atoms with Gasteiger partial charge in [-0.15, -0.1) is 0 Å². The van der Waals surface area contributed by atoms with Crippen LogP contribution in [0.4, 0.5) is 0 Å². The van der Waals surface area contributed by atoms with Crippen LogP contribution in [-0.4, -0.2) is 7.11 Å². The molecule has 1 rings (SSSR count). The minimum Gasteiger partial charge on any atom is -0.396 e. The van der Waals surface area contributed by atoms with Gasteiger partial charge in [0, 0.05) is 0 Å². The largest absolute Gasteiger partial charge is 0.519 e. The summed E-state index contributed by atoms with van der Waals surface area (Å²) in [7, 11) is 1.37. The molecule has 0 amide bonds. The molecule has 5 nitrogen and oxygen atoms in total. The van der Waals surface area contributed by atoms with Crippen LogP contribution in [0.2, 0.25) is 0 Å². The van der Waals surface area contributed by atoms with Gasteiger partial charge in [0.1, 0.15) is 12.4 Å². The zero-order valence-electron chi connectivity index (χ0n) is 6.25. The van der Waals surface area contributed by atoms with E-state index < -0.39 is 5.82 Å². The van der Waals surface area contributed by atoms with Crippen LogP contribution in [0.1, 0.15) is 11.5 Å². The van der Waals surface area contributed by atoms with Gasteiger partial charge in [0.15, 0.2) is 5.76 Å². The molecule has 0 radical (unpaired) electrons. The van der Waals surface area contributed by atoms with Gasteiger partial charge >= 0.3 is 5.82 Å². The smallest absolute Gasteiger partial charge is 0.396 e. The van der Waals surface area contributed by atoms with E-state index in [-0.39, 0.29) is 6.61 Å². The van der Waals surface area contributed by atoms with Crippen LogP contribution < -0.4 is 5.82 Å². The maximum atomic E-state index is 10.4. The van der Waals surface area contributed by atoms with E-state index in [1.807, 2.05) is 0 Å². The molecule has 5 heteroatoms. The number of rotatable bonds is 3. The van der Waals surface area contributed by atoms with Crippen molar-refractivity contribution in [2.24, 2.45) is 0 Å². The Kier molecular flexibility index (Phi) is 2.45. The van der Waals surface area contributed by atoms with E-state index in [0.29, 0.717) is 11.5 Å². The van der Waals surface area contributed by atoms with Crippen molar-refractivity contribution in [2.45, 2.75) is 13.5 Å². The molecule has 1 aromatic heterocycles. The minimum absolute atomic E-state index is 0.0775. The summed E-state index contributed by atoms with van der Waals surface area (Å²) in [5.41, 5.74) is 0. The summed E-state index contributed by atoms with van der Waals surface area (Å²) >= 11 is 0. The van der Waals surface area contributed by atoms with Crippen molar-refractivity contribution in [2.75, 3.05) is 7.11 Å². The van der Waals surface area contributed by atoms with Crippen molar-refractivity contribution in [3.05, 3.63) is 22.1 Å². The topological polar surface area (TPSA) is 61.8 Å². The Morgan fingerprint density at radius 3 is 2.64 bits per heavy atom. The Labute approximate surface area is 62.4 Å². The lowest BCUT2D eigenvalue weighted by Gasteiger charge is -1.93. The molecule has 0 N–H and O–H groups in total. The van der Waals surface area contributed by atoms with Crippen LogP contribution in [-0.2, 0) is 16.4 Å². The highest BCUT2D eigenvalue weighted by atomic mass is 17.2. The molecule has 0 aliphatic heterocycles. The third-order valence-corrected chi connectivity index (χ3v) is 1.14. The van der Waals surface area contributed by atoms with Gasteiger partial charge in [0.2, 0.25) is 0 Å². The standard InChI is InChI=1S/C6H8O5/c1-4-5(3-9-8-2)11-6(7)10-4/h3H2,1-2H3. The highest BCUT2D eigenvalue weighted by Crippen LogP contribution is 2.05. The van der Waals surface area contributed by atoms with E-state index >= 15 is 0 Å². The summed E-state index contributed by atoms with van der Waals surface area (Å²) in [5.74, 6) is 0.0288. The van der Waals surface area contributed by atoms with Gasteiger partial charge in [-0.2, -0.15) is 0 Å². The molecule has 11 heavy (non-hydrogen) atoms. The minimum atomic E-state index is -0.725. The van der Waals surface area contributed by atoms with Crippen molar-refractivity contribution < 1.29 is 18.6 Å². The quantitative estimate of drug-likeness (QED) is 0.479. The molecule has 0 bridgehead atoms. The van der Waals surface area contributed by atoms with E-state index in [2.05, 4.69) is 18.6 Å². The van der Waals surface area contributed by atoms with Crippen LogP contribution in [0.3, 0.4) is 0 Å². The number of aryl methyl sites for hydroxylation is 1. The maximum absolute atomic E-state index is 10.4. The predicted octanol–water partition coefficient (Wildman–Crippen LogP) is 0.619. The van der Waals surface area contributed by atoms with Gasteiger partial charge in [-0.25, -0.2) is 14.6 Å². The molecule has 0 unspecified atom stereocenters. The Hall–Kier alpha value is -1.07. The monoisotopic (exact) mass is 160 g/mol. The number of hydrogen-bond acceptors (Lipinski definition) is 5. The first-order chi connectivity index (χ1) is 5.24. The fourth-order valence-corrected chi connectivity index (χ4v) is 0.619. The van der Waals surface area contributed by atoms with E-state index in [0.717, 1.165) is 0 Å². The highest BCUT2D eigenvalue weighted by Gasteiger charge is 2.07. The van der Waals surface area contributed by atoms with Gasteiger partial charge < -0.3 is 8.83 Å². The average Bonchev–Trinajstić information content (AvgIpc) is 2.26. The molecule has 62 valence electrons. The predicted molar refractivity (Wildman–Crippen MR) is 33.8 cm³/mol. The first kappa shape index (κ1) is 8.03. The lowest BCUT2D eigenvalue weighted by Crippen LogP contribution is -1.91. The summed E-state index contributed by atoms with van der Waals surface area (Å²) in [4.78, 5) is 19.3. The molecule has 0 aliphatic carbocycles. The van der Waals surface area contributed by atoms with Crippen molar-refractivity contribution in [3.63, 3.8) is 0 Å². The number of hydrogen-bond donors (Lipinski definition) is 0. The molecular weight excluding hydrogens is 152 g/mol. The normalized spacial score (nSPS) is 10.4. The molecule has 0 fully saturated rings. The molecule has 1 aromatic rings. The molecule has 0 aliphatic rings. The Balaban J connectivity index is 2.69. The van der Waals surface area contributed by atoms with Crippen molar-refractivity contribution in [3.8, 4) is 0 Å². The average molecular weight is 160 g/mol. The maximum Gasteiger partial charge on any atom is 0.519 e. The molecule has 0 saturated carbocycles. The van der Waals surface area contributed by atoms with E-state index in [1.165, 1.54) is 7.11 Å². The summed E-state index contributed by atoms with van der Waals surface area (Å²) in [6, 6.07) is 0. The van der Waals surface area contributed by atoms with E-state index in [1.54, 1.807) is 6.92 Å². The zero-order valence-corrected chi connectivity index (χ0v) is 6.25. The second-order valence-corrected chi connectivity index (χ2v) is 1.86. The SMILES string of the molecule is COOCc1oc(=O)oc1C. The molecule has 0 spiro atoms. The highest BCUT2D eigenvalue weighted by molar-refractivity contribution is 4.97. The van der Waals surface area contributed by atoms with Gasteiger partial charge in [-0.3, -0.25) is 0 Å². The van der Waals surface area contributed by atoms with Crippen LogP contribution in [0.15, 0.2) is 13.6 Å². The molecule has 0 aromatic carbocycles. The molecular formula is C6H8O5. The van der Waals surface area contributed by atoms with Crippen LogP contribution in [0, 0.1) is 6.92 Å². The van der Waals surface area contributed by atoms with Gasteiger partial charge in [-0.05, 0) is 6.92 Å². The third kappa shape index (κ3) is 1.92. The fourth-order valence-electron chi connectivity index (χ4n) is 0.619. The van der Waals surface area contributed by atoms with E-state index in [4.69, 9.17) is 0 Å². The van der Waals surface area contributed by atoms with Crippen LogP contribution in [0.5, 0.6) is 0 Å². The zero-order chi connectivity index (χ0) is 8.27. The Bertz CT molecular complexity index is 271. The molecule has 0 atom stereocenters. The summed E-state index contributed by atoms with van der Waals surface area (Å²) in [6.07, 6.45) is 0. The Morgan fingerprint density at radius 2 is 2.18 bits per heavy atom. The first-order valence-electron chi connectivity index (χ1n) is 2.99. The van der Waals surface area contributed by atoms with Crippen LogP contribution >= 0.6 is 0 Å². The Morgan fingerprint density at radius 1 is 1.45 bits per heavy atom. The van der Waals surface area contributed by atoms with E-state index in [9.17, 15) is 4.79 Å². The van der Waals surface area contributed by atoms with Crippen LogP contribution in [0.25, 0.3) is 0 Å². The van der Waals surface area contributed by atoms with Gasteiger partial charge in [0.25, 0.3) is 0 Å². The van der Waals surface area contributed by atoms with Crippen molar-refractivity contribution >= 4 is 0 Å². The molecule has 0 saturated heterocycles. The van der Waals surface area contributed by atoms with Crippen molar-refractivity contribution in [1.29, 1.82) is 0 Å². The summed E-state index contributed by atoms with van der Waals surface area (Å²) in [6.45, 7) is 1.69. The molecule has 1 heterocycles. The fraction of sp³-hybridized carbons (Fsp3) is 0.500. The lowest BCUT2D eigenvalue weighted by atomic mass is 10.4. The summed E-state index contributed by atoms with van der Waals surface area (Å²) in [5, 5.41) is 0. The lowest BCUT2D eigenvalue weighted by molar-refractivity contribution is -0.285. The first-order valence-corrected chi connectivity index (χ1v) is 2.99. The summed E-state index contributed by atoms with van der Waals surface area (Å²) < 4.78 is 9.14. The van der Waals surface area contributed by atoms with Gasteiger partial charge in [-0.1, -0.05) is 0 Å². The van der Waals surface area contributed by atoms with Crippen molar-refractivity contribution in [1.82, 2.24) is 0 Å². The van der Waals surface area contributed by atoms with Gasteiger partial charge in [0.05, 0.1) is 7.11 Å². The third-order valence-electron chi connectivity index (χ3n) is 1.14.